The van der Waals surface area contributed by atoms with Crippen LogP contribution in [0.5, 0.6) is 0 Å². The van der Waals surface area contributed by atoms with Gasteiger partial charge in [0.2, 0.25) is 0 Å². The molecule has 2 N–H and O–H groups in total. The van der Waals surface area contributed by atoms with Crippen molar-refractivity contribution in [2.75, 3.05) is 6.61 Å². The van der Waals surface area contributed by atoms with Gasteiger partial charge < -0.3 is 19.9 Å². The molecule has 35 heavy (non-hydrogen) atoms. The number of hydrogen-bond acceptors (Lipinski definition) is 5. The molecule has 2 saturated heterocycles. The van der Waals surface area contributed by atoms with Gasteiger partial charge in [0, 0.05) is 12.3 Å². The predicted octanol–water partition coefficient (Wildman–Crippen LogP) is 5.69. The monoisotopic (exact) mass is 487 g/mol. The van der Waals surface area contributed by atoms with Crippen LogP contribution in [0.15, 0.2) is 0 Å². The molecule has 0 aromatic rings. The second-order valence-electron chi connectivity index (χ2n) is 14.3. The highest BCUT2D eigenvalue weighted by molar-refractivity contribution is 5.75. The molecule has 1 spiro atoms. The fourth-order valence-electron chi connectivity index (χ4n) is 10.6. The van der Waals surface area contributed by atoms with Gasteiger partial charge in [-0.2, -0.15) is 0 Å². The van der Waals surface area contributed by atoms with Crippen LogP contribution in [-0.4, -0.2) is 36.6 Å². The second kappa shape index (κ2) is 8.43. The van der Waals surface area contributed by atoms with Crippen molar-refractivity contribution in [1.29, 1.82) is 0 Å². The summed E-state index contributed by atoms with van der Waals surface area (Å²) in [6.45, 7) is 12.5. The maximum Gasteiger partial charge on any atom is 0.322 e. The maximum absolute atomic E-state index is 12.1. The molecule has 198 valence electrons. The molecule has 6 fully saturated rings. The fourth-order valence-corrected chi connectivity index (χ4v) is 10.6. The van der Waals surface area contributed by atoms with Gasteiger partial charge in [-0.05, 0) is 111 Å². The predicted molar refractivity (Wildman–Crippen MR) is 135 cm³/mol. The van der Waals surface area contributed by atoms with E-state index in [0.29, 0.717) is 40.6 Å². The number of fused-ring (bicyclic) bond motifs is 7. The third-order valence-electron chi connectivity index (χ3n) is 12.5. The van der Waals surface area contributed by atoms with Crippen molar-refractivity contribution in [3.8, 4) is 0 Å². The number of esters is 1. The van der Waals surface area contributed by atoms with Crippen LogP contribution in [0.2, 0.25) is 0 Å². The average Bonchev–Trinajstić information content (AvgIpc) is 3.26. The maximum atomic E-state index is 12.1. The third-order valence-corrected chi connectivity index (χ3v) is 12.5. The Labute approximate surface area is 212 Å². The zero-order valence-corrected chi connectivity index (χ0v) is 22.8. The molecule has 4 aliphatic carbocycles. The van der Waals surface area contributed by atoms with E-state index in [1.54, 1.807) is 6.92 Å². The van der Waals surface area contributed by atoms with E-state index in [2.05, 4.69) is 27.7 Å². The van der Waals surface area contributed by atoms with Crippen molar-refractivity contribution in [3.63, 3.8) is 0 Å². The van der Waals surface area contributed by atoms with E-state index in [-0.39, 0.29) is 17.9 Å². The van der Waals surface area contributed by atoms with Gasteiger partial charge >= 0.3 is 5.97 Å². The van der Waals surface area contributed by atoms with Gasteiger partial charge in [0.25, 0.3) is 0 Å². The van der Waals surface area contributed by atoms with E-state index in [4.69, 9.17) is 19.9 Å². The van der Waals surface area contributed by atoms with Gasteiger partial charge in [0.05, 0.1) is 12.7 Å². The molecule has 0 bridgehead atoms. The molecule has 13 atom stereocenters. The molecule has 5 heteroatoms. The van der Waals surface area contributed by atoms with Crippen LogP contribution < -0.4 is 5.73 Å². The molecule has 0 aromatic heterocycles. The minimum absolute atomic E-state index is 0.0615. The van der Waals surface area contributed by atoms with Crippen LogP contribution in [0.25, 0.3) is 0 Å². The van der Waals surface area contributed by atoms with Gasteiger partial charge in [0.1, 0.15) is 12.1 Å². The highest BCUT2D eigenvalue weighted by atomic mass is 16.7. The number of carbonyl (C=O) groups excluding carboxylic acids is 1. The quantitative estimate of drug-likeness (QED) is 0.507. The van der Waals surface area contributed by atoms with Crippen LogP contribution in [-0.2, 0) is 19.0 Å². The molecular weight excluding hydrogens is 438 g/mol. The second-order valence-corrected chi connectivity index (χ2v) is 14.3. The number of ether oxygens (including phenoxy) is 3. The summed E-state index contributed by atoms with van der Waals surface area (Å²) in [6, 6.07) is -0.525. The van der Waals surface area contributed by atoms with Gasteiger partial charge in [-0.25, -0.2) is 0 Å². The Morgan fingerprint density at radius 1 is 0.971 bits per heavy atom. The van der Waals surface area contributed by atoms with Crippen LogP contribution in [0.1, 0.15) is 98.8 Å². The van der Waals surface area contributed by atoms with E-state index >= 15 is 0 Å². The minimum Gasteiger partial charge on any atom is -0.461 e. The standard InChI is InChI=1S/C30H49NO4/c1-17-8-13-30(33-16-17)18(2)26-25(35-30)15-24-22-7-6-20-14-21(34-27(32)19(3)31)9-11-28(20,4)23(22)10-12-29(24,26)5/h17-26H,6-16,31H2,1-5H3/t17-,18-,19?,20?,21+,22?,23?,24?,25?,26?,28-,29-,30+/m0/s1. The first-order chi connectivity index (χ1) is 16.6. The van der Waals surface area contributed by atoms with Crippen molar-refractivity contribution in [2.24, 2.45) is 58.0 Å². The summed E-state index contributed by atoms with van der Waals surface area (Å²) in [5, 5.41) is 0. The molecule has 6 aliphatic rings. The van der Waals surface area contributed by atoms with Crippen LogP contribution >= 0.6 is 0 Å². The van der Waals surface area contributed by atoms with Crippen molar-refractivity contribution in [1.82, 2.24) is 0 Å². The fraction of sp³-hybridized carbons (Fsp3) is 0.967. The molecule has 7 unspecified atom stereocenters. The Morgan fingerprint density at radius 3 is 2.46 bits per heavy atom. The number of nitrogens with two attached hydrogens (primary N) is 1. The Kier molecular flexibility index (Phi) is 5.94. The van der Waals surface area contributed by atoms with E-state index < -0.39 is 6.04 Å². The normalized spacial score (nSPS) is 56.0. The third kappa shape index (κ3) is 3.61. The Bertz CT molecular complexity index is 836. The first-order valence-corrected chi connectivity index (χ1v) is 14.9. The topological polar surface area (TPSA) is 70.8 Å². The molecule has 0 aromatic carbocycles. The van der Waals surface area contributed by atoms with Crippen molar-refractivity contribution < 1.29 is 19.0 Å². The van der Waals surface area contributed by atoms with E-state index in [1.807, 2.05) is 0 Å². The summed E-state index contributed by atoms with van der Waals surface area (Å²) >= 11 is 0. The first kappa shape index (κ1) is 24.7. The van der Waals surface area contributed by atoms with Crippen molar-refractivity contribution in [2.45, 2.75) is 123 Å². The molecule has 0 radical (unpaired) electrons. The molecule has 2 aliphatic heterocycles. The Hall–Kier alpha value is -0.650. The lowest BCUT2D eigenvalue weighted by Crippen LogP contribution is -2.55. The van der Waals surface area contributed by atoms with E-state index in [0.717, 1.165) is 43.6 Å². The summed E-state index contributed by atoms with van der Waals surface area (Å²) < 4.78 is 19.2. The lowest BCUT2D eigenvalue weighted by Gasteiger charge is -2.61. The number of rotatable bonds is 2. The largest absolute Gasteiger partial charge is 0.461 e. The highest BCUT2D eigenvalue weighted by Gasteiger charge is 2.69. The summed E-state index contributed by atoms with van der Waals surface area (Å²) in [5.41, 5.74) is 6.54. The lowest BCUT2D eigenvalue weighted by atomic mass is 9.44. The summed E-state index contributed by atoms with van der Waals surface area (Å²) in [4.78, 5) is 12.1. The van der Waals surface area contributed by atoms with Crippen LogP contribution in [0.3, 0.4) is 0 Å². The molecule has 6 rings (SSSR count). The zero-order chi connectivity index (χ0) is 24.8. The average molecular weight is 488 g/mol. The summed E-state index contributed by atoms with van der Waals surface area (Å²) in [7, 11) is 0. The molecular formula is C30H49NO4. The number of hydrogen-bond donors (Lipinski definition) is 1. The molecule has 5 nitrogen and oxygen atoms in total. The minimum atomic E-state index is -0.525. The van der Waals surface area contributed by atoms with Gasteiger partial charge in [-0.3, -0.25) is 4.79 Å². The van der Waals surface area contributed by atoms with Gasteiger partial charge in [-0.15, -0.1) is 0 Å². The van der Waals surface area contributed by atoms with Crippen molar-refractivity contribution in [3.05, 3.63) is 0 Å². The molecule has 0 amide bonds. The van der Waals surface area contributed by atoms with Crippen molar-refractivity contribution >= 4 is 5.97 Å². The van der Waals surface area contributed by atoms with Crippen LogP contribution in [0.4, 0.5) is 0 Å². The Morgan fingerprint density at radius 2 is 1.74 bits per heavy atom. The summed E-state index contributed by atoms with van der Waals surface area (Å²) in [5.74, 6) is 4.32. The molecule has 4 saturated carbocycles. The first-order valence-electron chi connectivity index (χ1n) is 14.9. The SMILES string of the molecule is CC(N)C(=O)O[C@@H]1CC[C@@]2(C)C(CCC3C2CC[C@@]2(C)C3CC3O[C@]4(CC[C@H](C)CO4)[C@@H](C)C32)C1. The van der Waals surface area contributed by atoms with Gasteiger partial charge in [-0.1, -0.05) is 27.7 Å². The smallest absolute Gasteiger partial charge is 0.322 e. The van der Waals surface area contributed by atoms with Crippen LogP contribution in [0, 0.1) is 52.3 Å². The Balaban J connectivity index is 1.18. The zero-order valence-electron chi connectivity index (χ0n) is 22.8. The highest BCUT2D eigenvalue weighted by Crippen LogP contribution is 2.71. The van der Waals surface area contributed by atoms with Gasteiger partial charge in [0.15, 0.2) is 5.79 Å². The lowest BCUT2D eigenvalue weighted by molar-refractivity contribution is -0.273. The summed E-state index contributed by atoms with van der Waals surface area (Å²) in [6.07, 6.45) is 12.5. The molecule has 2 heterocycles. The van der Waals surface area contributed by atoms with E-state index in [1.165, 1.54) is 44.9 Å². The number of carbonyl (C=O) groups is 1. The van der Waals surface area contributed by atoms with E-state index in [9.17, 15) is 4.79 Å².